The van der Waals surface area contributed by atoms with E-state index in [1.807, 2.05) is 0 Å². The van der Waals surface area contributed by atoms with E-state index in [2.05, 4.69) is 29.4 Å². The highest BCUT2D eigenvalue weighted by atomic mass is 16.1. The summed E-state index contributed by atoms with van der Waals surface area (Å²) in [7, 11) is 1.71. The van der Waals surface area contributed by atoms with Gasteiger partial charge in [0.2, 0.25) is 5.91 Å². The van der Waals surface area contributed by atoms with E-state index in [1.54, 1.807) is 7.05 Å². The lowest BCUT2D eigenvalue weighted by molar-refractivity contribution is -0.122. The molecule has 1 heterocycles. The Bertz CT molecular complexity index is 312. The van der Waals surface area contributed by atoms with E-state index in [0.717, 1.165) is 19.1 Å². The molecule has 2 aliphatic rings. The summed E-state index contributed by atoms with van der Waals surface area (Å²) in [5.74, 6) is 0.130. The highest BCUT2D eigenvalue weighted by molar-refractivity contribution is 5.77. The smallest absolute Gasteiger partial charge is 0.233 e. The quantitative estimate of drug-likeness (QED) is 0.825. The molecule has 0 unspecified atom stereocenters. The normalized spacial score (nSPS) is 25.6. The monoisotopic (exact) mass is 281 g/mol. The number of nitrogens with one attached hydrogen (secondary N) is 2. The largest absolute Gasteiger partial charge is 0.358 e. The second kappa shape index (κ2) is 6.90. The fourth-order valence-corrected chi connectivity index (χ4v) is 3.44. The summed E-state index contributed by atoms with van der Waals surface area (Å²) < 4.78 is 0. The number of hydrogen-bond donors (Lipinski definition) is 2. The molecule has 116 valence electrons. The van der Waals surface area contributed by atoms with Crippen LogP contribution in [0.2, 0.25) is 0 Å². The first-order chi connectivity index (χ1) is 9.48. The molecular formula is C16H31N3O. The summed E-state index contributed by atoms with van der Waals surface area (Å²) in [6.45, 7) is 7.43. The zero-order valence-corrected chi connectivity index (χ0v) is 13.4. The SMILES string of the molecule is CNC(=O)CN1CCC(NC2CCC(C)(C)CC2)CC1. The first-order valence-electron chi connectivity index (χ1n) is 8.17. The van der Waals surface area contributed by atoms with Crippen LogP contribution in [0.3, 0.4) is 0 Å². The molecule has 0 bridgehead atoms. The van der Waals surface area contributed by atoms with Crippen molar-refractivity contribution in [3.63, 3.8) is 0 Å². The Hall–Kier alpha value is -0.610. The van der Waals surface area contributed by atoms with Crippen molar-refractivity contribution in [2.45, 2.75) is 64.5 Å². The summed E-state index contributed by atoms with van der Waals surface area (Å²) in [5, 5.41) is 6.56. The number of amides is 1. The Morgan fingerprint density at radius 2 is 1.65 bits per heavy atom. The number of rotatable bonds is 4. The van der Waals surface area contributed by atoms with Crippen LogP contribution in [0.25, 0.3) is 0 Å². The van der Waals surface area contributed by atoms with Gasteiger partial charge in [0.05, 0.1) is 6.54 Å². The minimum absolute atomic E-state index is 0.130. The molecule has 0 aromatic rings. The number of carbonyl (C=O) groups excluding carboxylic acids is 1. The number of likely N-dealkylation sites (tertiary alicyclic amines) is 1. The third-order valence-corrected chi connectivity index (χ3v) is 5.04. The second-order valence-corrected chi connectivity index (χ2v) is 7.33. The highest BCUT2D eigenvalue weighted by Crippen LogP contribution is 2.35. The van der Waals surface area contributed by atoms with Crippen molar-refractivity contribution < 1.29 is 4.79 Å². The van der Waals surface area contributed by atoms with Crippen LogP contribution in [-0.2, 0) is 4.79 Å². The van der Waals surface area contributed by atoms with Crippen molar-refractivity contribution in [3.05, 3.63) is 0 Å². The van der Waals surface area contributed by atoms with Gasteiger partial charge in [-0.25, -0.2) is 0 Å². The average molecular weight is 281 g/mol. The first kappa shape index (κ1) is 15.8. The van der Waals surface area contributed by atoms with Gasteiger partial charge in [-0.3, -0.25) is 9.69 Å². The van der Waals surface area contributed by atoms with E-state index < -0.39 is 0 Å². The van der Waals surface area contributed by atoms with Gasteiger partial charge in [0.1, 0.15) is 0 Å². The van der Waals surface area contributed by atoms with Crippen LogP contribution in [0.15, 0.2) is 0 Å². The van der Waals surface area contributed by atoms with Crippen molar-refractivity contribution in [2.24, 2.45) is 5.41 Å². The predicted molar refractivity (Wildman–Crippen MR) is 82.7 cm³/mol. The van der Waals surface area contributed by atoms with Crippen LogP contribution in [0.5, 0.6) is 0 Å². The molecule has 0 spiro atoms. The standard InChI is InChI=1S/C16H31N3O/c1-16(2)8-4-13(5-9-16)18-14-6-10-19(11-7-14)12-15(20)17-3/h13-14,18H,4-12H2,1-3H3,(H,17,20). The summed E-state index contributed by atoms with van der Waals surface area (Å²) in [6, 6.07) is 1.38. The molecule has 4 heteroatoms. The molecule has 1 aliphatic carbocycles. The zero-order valence-electron chi connectivity index (χ0n) is 13.4. The van der Waals surface area contributed by atoms with E-state index in [0.29, 0.717) is 18.0 Å². The van der Waals surface area contributed by atoms with E-state index in [1.165, 1.54) is 38.5 Å². The molecule has 20 heavy (non-hydrogen) atoms. The lowest BCUT2D eigenvalue weighted by Crippen LogP contribution is -2.49. The maximum atomic E-state index is 11.4. The summed E-state index contributed by atoms with van der Waals surface area (Å²) in [4.78, 5) is 13.6. The molecule has 2 rings (SSSR count). The van der Waals surface area contributed by atoms with Crippen LogP contribution >= 0.6 is 0 Å². The Kier molecular flexibility index (Phi) is 5.44. The Morgan fingerprint density at radius 3 is 2.20 bits per heavy atom. The van der Waals surface area contributed by atoms with Gasteiger partial charge in [0, 0.05) is 32.2 Å². The van der Waals surface area contributed by atoms with E-state index >= 15 is 0 Å². The highest BCUT2D eigenvalue weighted by Gasteiger charge is 2.29. The van der Waals surface area contributed by atoms with Gasteiger partial charge in [-0.05, 0) is 43.9 Å². The molecule has 2 fully saturated rings. The number of likely N-dealkylation sites (N-methyl/N-ethyl adjacent to an activating group) is 1. The van der Waals surface area contributed by atoms with Gasteiger partial charge in [0.15, 0.2) is 0 Å². The summed E-state index contributed by atoms with van der Waals surface area (Å²) >= 11 is 0. The Morgan fingerprint density at radius 1 is 1.10 bits per heavy atom. The maximum Gasteiger partial charge on any atom is 0.233 e. The molecule has 1 aliphatic heterocycles. The van der Waals surface area contributed by atoms with Crippen LogP contribution in [-0.4, -0.2) is 49.6 Å². The zero-order chi connectivity index (χ0) is 14.6. The van der Waals surface area contributed by atoms with E-state index in [-0.39, 0.29) is 5.91 Å². The third-order valence-electron chi connectivity index (χ3n) is 5.04. The minimum atomic E-state index is 0.130. The van der Waals surface area contributed by atoms with Crippen LogP contribution in [0, 0.1) is 5.41 Å². The van der Waals surface area contributed by atoms with Crippen molar-refractivity contribution in [1.82, 2.24) is 15.5 Å². The summed E-state index contributed by atoms with van der Waals surface area (Å²) in [5.41, 5.74) is 0.551. The molecule has 0 atom stereocenters. The molecule has 4 nitrogen and oxygen atoms in total. The molecule has 0 aromatic heterocycles. The fourth-order valence-electron chi connectivity index (χ4n) is 3.44. The molecule has 1 saturated carbocycles. The van der Waals surface area contributed by atoms with Gasteiger partial charge in [-0.2, -0.15) is 0 Å². The molecule has 1 amide bonds. The molecular weight excluding hydrogens is 250 g/mol. The average Bonchev–Trinajstić information content (AvgIpc) is 2.43. The van der Waals surface area contributed by atoms with Gasteiger partial charge in [0.25, 0.3) is 0 Å². The first-order valence-corrected chi connectivity index (χ1v) is 8.17. The van der Waals surface area contributed by atoms with Crippen molar-refractivity contribution >= 4 is 5.91 Å². The van der Waals surface area contributed by atoms with E-state index in [9.17, 15) is 4.79 Å². The summed E-state index contributed by atoms with van der Waals surface area (Å²) in [6.07, 6.45) is 7.70. The van der Waals surface area contributed by atoms with Crippen LogP contribution in [0.4, 0.5) is 0 Å². The van der Waals surface area contributed by atoms with E-state index in [4.69, 9.17) is 0 Å². The molecule has 1 saturated heterocycles. The predicted octanol–water partition coefficient (Wildman–Crippen LogP) is 1.76. The second-order valence-electron chi connectivity index (χ2n) is 7.33. The fraction of sp³-hybridized carbons (Fsp3) is 0.938. The molecule has 0 radical (unpaired) electrons. The van der Waals surface area contributed by atoms with Crippen molar-refractivity contribution in [1.29, 1.82) is 0 Å². The molecule has 2 N–H and O–H groups in total. The van der Waals surface area contributed by atoms with Gasteiger partial charge in [-0.15, -0.1) is 0 Å². The topological polar surface area (TPSA) is 44.4 Å². The number of nitrogens with zero attached hydrogens (tertiary/aromatic N) is 1. The van der Waals surface area contributed by atoms with Crippen molar-refractivity contribution in [3.8, 4) is 0 Å². The maximum absolute atomic E-state index is 11.4. The number of hydrogen-bond acceptors (Lipinski definition) is 3. The van der Waals surface area contributed by atoms with Crippen LogP contribution in [0.1, 0.15) is 52.4 Å². The minimum Gasteiger partial charge on any atom is -0.358 e. The lowest BCUT2D eigenvalue weighted by Gasteiger charge is -2.39. The van der Waals surface area contributed by atoms with Crippen LogP contribution < -0.4 is 10.6 Å². The van der Waals surface area contributed by atoms with Gasteiger partial charge >= 0.3 is 0 Å². The number of piperidine rings is 1. The third kappa shape index (κ3) is 4.74. The Labute approximate surface area is 123 Å². The number of carbonyl (C=O) groups is 1. The van der Waals surface area contributed by atoms with Gasteiger partial charge in [-0.1, -0.05) is 13.8 Å². The lowest BCUT2D eigenvalue weighted by atomic mass is 9.75. The van der Waals surface area contributed by atoms with Gasteiger partial charge < -0.3 is 10.6 Å². The molecule has 0 aromatic carbocycles. The Balaban J connectivity index is 1.66. The van der Waals surface area contributed by atoms with Crippen molar-refractivity contribution in [2.75, 3.05) is 26.7 Å².